The molecule has 0 aliphatic rings. The number of carbonyl (C=O) groups is 1. The summed E-state index contributed by atoms with van der Waals surface area (Å²) in [6.45, 7) is 4.10. The number of carbonyl (C=O) groups excluding carboxylic acids is 1. The molecule has 2 aromatic rings. The van der Waals surface area contributed by atoms with Crippen LogP contribution >= 0.6 is 38.9 Å². The molecule has 1 aromatic heterocycles. The van der Waals surface area contributed by atoms with Gasteiger partial charge in [0, 0.05) is 0 Å². The van der Waals surface area contributed by atoms with Gasteiger partial charge < -0.3 is 5.32 Å². The average molecular weight is 376 g/mol. The van der Waals surface area contributed by atoms with E-state index < -0.39 is 0 Å². The molecule has 0 radical (unpaired) electrons. The molecule has 3 nitrogen and oxygen atoms in total. The van der Waals surface area contributed by atoms with Crippen LogP contribution in [0.4, 0.5) is 5.13 Å². The minimum atomic E-state index is -0.174. The maximum Gasteiger partial charge on any atom is 0.239 e. The number of fused-ring (bicyclic) bond motifs is 1. The normalized spacial score (nSPS) is 12.6. The molecule has 108 valence electrons. The fourth-order valence-electron chi connectivity index (χ4n) is 1.87. The molecule has 1 aromatic carbocycles. The Morgan fingerprint density at radius 3 is 3.00 bits per heavy atom. The van der Waals surface area contributed by atoms with Crippen molar-refractivity contribution in [1.82, 2.24) is 4.98 Å². The number of amides is 1. The average Bonchev–Trinajstić information content (AvgIpc) is 2.78. The number of benzene rings is 1. The van der Waals surface area contributed by atoms with E-state index in [1.54, 1.807) is 0 Å². The van der Waals surface area contributed by atoms with Crippen molar-refractivity contribution in [3.05, 3.63) is 22.7 Å². The summed E-state index contributed by atoms with van der Waals surface area (Å²) in [5, 5.41) is 4.07. The van der Waals surface area contributed by atoms with E-state index in [4.69, 9.17) is 11.6 Å². The van der Waals surface area contributed by atoms with Crippen molar-refractivity contribution in [2.45, 2.75) is 37.9 Å². The van der Waals surface area contributed by atoms with Crippen LogP contribution in [0, 0.1) is 6.92 Å². The molecule has 0 saturated carbocycles. The number of unbranched alkanes of at least 4 members (excludes halogenated alkanes) is 1. The molecule has 2 rings (SSSR count). The Morgan fingerprint density at radius 2 is 2.30 bits per heavy atom. The number of halogens is 2. The van der Waals surface area contributed by atoms with Crippen LogP contribution < -0.4 is 5.32 Å². The molecular formula is C14H16BrClN2OS. The summed E-state index contributed by atoms with van der Waals surface area (Å²) in [5.74, 6) is -0.0506. The molecule has 0 spiro atoms. The molecule has 6 heteroatoms. The predicted molar refractivity (Wildman–Crippen MR) is 90.2 cm³/mol. The zero-order valence-corrected chi connectivity index (χ0v) is 14.5. The van der Waals surface area contributed by atoms with Gasteiger partial charge >= 0.3 is 0 Å². The Hall–Kier alpha value is -0.650. The van der Waals surface area contributed by atoms with E-state index in [1.165, 1.54) is 11.3 Å². The van der Waals surface area contributed by atoms with Crippen LogP contribution in [0.25, 0.3) is 10.2 Å². The highest BCUT2D eigenvalue weighted by molar-refractivity contribution is 9.10. The van der Waals surface area contributed by atoms with E-state index in [2.05, 4.69) is 33.2 Å². The molecule has 0 bridgehead atoms. The van der Waals surface area contributed by atoms with E-state index in [9.17, 15) is 4.79 Å². The number of anilines is 1. The van der Waals surface area contributed by atoms with Gasteiger partial charge in [-0.1, -0.05) is 58.6 Å². The number of alkyl halides is 1. The Bertz CT molecular complexity index is 629. The highest BCUT2D eigenvalue weighted by Crippen LogP contribution is 2.32. The number of nitrogens with one attached hydrogen (secondary N) is 1. The maximum absolute atomic E-state index is 12.0. The third-order valence-electron chi connectivity index (χ3n) is 2.92. The van der Waals surface area contributed by atoms with Gasteiger partial charge in [0.05, 0.1) is 14.5 Å². The molecule has 1 atom stereocenters. The minimum Gasteiger partial charge on any atom is -0.301 e. The van der Waals surface area contributed by atoms with Gasteiger partial charge in [-0.05, 0) is 31.0 Å². The van der Waals surface area contributed by atoms with Crippen molar-refractivity contribution in [3.63, 3.8) is 0 Å². The van der Waals surface area contributed by atoms with Gasteiger partial charge in [0.25, 0.3) is 0 Å². The van der Waals surface area contributed by atoms with Crippen molar-refractivity contribution in [3.8, 4) is 0 Å². The lowest BCUT2D eigenvalue weighted by molar-refractivity contribution is -0.115. The maximum atomic E-state index is 12.0. The second-order valence-electron chi connectivity index (χ2n) is 4.71. The quantitative estimate of drug-likeness (QED) is 0.734. The Balaban J connectivity index is 2.14. The lowest BCUT2D eigenvalue weighted by Crippen LogP contribution is -2.22. The smallest absolute Gasteiger partial charge is 0.239 e. The van der Waals surface area contributed by atoms with Gasteiger partial charge in [0.15, 0.2) is 5.13 Å². The minimum absolute atomic E-state index is 0.0506. The van der Waals surface area contributed by atoms with Crippen molar-refractivity contribution in [2.75, 3.05) is 5.32 Å². The topological polar surface area (TPSA) is 42.0 Å². The molecular weight excluding hydrogens is 360 g/mol. The predicted octanol–water partition coefficient (Wildman–Crippen LogP) is 5.15. The number of nitrogens with zero attached hydrogens (tertiary/aromatic N) is 1. The highest BCUT2D eigenvalue weighted by atomic mass is 79.9. The Kier molecular flexibility index (Phi) is 5.41. The van der Waals surface area contributed by atoms with Crippen LogP contribution in [-0.2, 0) is 4.79 Å². The van der Waals surface area contributed by atoms with Crippen molar-refractivity contribution in [2.24, 2.45) is 0 Å². The molecule has 1 amide bonds. The summed E-state index contributed by atoms with van der Waals surface area (Å²) in [4.78, 5) is 16.2. The number of hydrogen-bond donors (Lipinski definition) is 1. The van der Waals surface area contributed by atoms with Gasteiger partial charge in [-0.25, -0.2) is 4.98 Å². The first-order valence-electron chi connectivity index (χ1n) is 6.53. The fourth-order valence-corrected chi connectivity index (χ4v) is 3.67. The van der Waals surface area contributed by atoms with Gasteiger partial charge in [0.1, 0.15) is 5.52 Å². The fraction of sp³-hybridized carbons (Fsp3) is 0.429. The highest BCUT2D eigenvalue weighted by Gasteiger charge is 2.16. The summed E-state index contributed by atoms with van der Waals surface area (Å²) < 4.78 is 0.991. The van der Waals surface area contributed by atoms with Crippen molar-refractivity contribution >= 4 is 60.1 Å². The van der Waals surface area contributed by atoms with Gasteiger partial charge in [-0.2, -0.15) is 0 Å². The molecule has 0 aliphatic carbocycles. The van der Waals surface area contributed by atoms with Crippen LogP contribution in [0.3, 0.4) is 0 Å². The molecule has 0 fully saturated rings. The van der Waals surface area contributed by atoms with E-state index in [1.807, 2.05) is 19.1 Å². The van der Waals surface area contributed by atoms with Crippen molar-refractivity contribution in [1.29, 1.82) is 0 Å². The first-order chi connectivity index (χ1) is 9.51. The SMILES string of the molecule is CCCC[C@@H](Br)C(=O)Nc1nc2c(Cl)cc(C)cc2s1. The zero-order chi connectivity index (χ0) is 14.7. The summed E-state index contributed by atoms with van der Waals surface area (Å²) in [5.41, 5.74) is 1.84. The standard InChI is InChI=1S/C14H16BrClN2OS/c1-3-4-5-9(15)13(19)18-14-17-12-10(16)6-8(2)7-11(12)20-14/h6-7,9H,3-5H2,1-2H3,(H,17,18,19)/t9-/m1/s1. The molecule has 1 N–H and O–H groups in total. The van der Waals surface area contributed by atoms with Gasteiger partial charge in [-0.3, -0.25) is 4.79 Å². The number of hydrogen-bond acceptors (Lipinski definition) is 3. The number of rotatable bonds is 5. The number of thiazole rings is 1. The van der Waals surface area contributed by atoms with E-state index in [-0.39, 0.29) is 10.7 Å². The second-order valence-corrected chi connectivity index (χ2v) is 7.25. The van der Waals surface area contributed by atoms with Gasteiger partial charge in [0.2, 0.25) is 5.91 Å². The molecule has 0 saturated heterocycles. The lowest BCUT2D eigenvalue weighted by atomic mass is 10.2. The van der Waals surface area contributed by atoms with Crippen LogP contribution in [0.5, 0.6) is 0 Å². The first kappa shape index (κ1) is 15.7. The molecule has 1 heterocycles. The monoisotopic (exact) mass is 374 g/mol. The lowest BCUT2D eigenvalue weighted by Gasteiger charge is -2.07. The largest absolute Gasteiger partial charge is 0.301 e. The van der Waals surface area contributed by atoms with Gasteiger partial charge in [-0.15, -0.1) is 0 Å². The molecule has 0 aliphatic heterocycles. The Morgan fingerprint density at radius 1 is 1.55 bits per heavy atom. The summed E-state index contributed by atoms with van der Waals surface area (Å²) in [6, 6.07) is 3.90. The van der Waals surface area contributed by atoms with Crippen molar-refractivity contribution < 1.29 is 4.79 Å². The van der Waals surface area contributed by atoms with E-state index in [0.29, 0.717) is 10.2 Å². The van der Waals surface area contributed by atoms with Crippen LogP contribution in [0.1, 0.15) is 31.7 Å². The summed E-state index contributed by atoms with van der Waals surface area (Å²) in [6.07, 6.45) is 2.92. The molecule has 0 unspecified atom stereocenters. The summed E-state index contributed by atoms with van der Waals surface area (Å²) >= 11 is 11.0. The number of aryl methyl sites for hydroxylation is 1. The van der Waals surface area contributed by atoms with Crippen LogP contribution in [-0.4, -0.2) is 15.7 Å². The second kappa shape index (κ2) is 6.87. The van der Waals surface area contributed by atoms with E-state index >= 15 is 0 Å². The first-order valence-corrected chi connectivity index (χ1v) is 8.64. The summed E-state index contributed by atoms with van der Waals surface area (Å²) in [7, 11) is 0. The third-order valence-corrected chi connectivity index (χ3v) is 5.00. The third kappa shape index (κ3) is 3.71. The number of aromatic nitrogens is 1. The van der Waals surface area contributed by atoms with Crippen LogP contribution in [0.15, 0.2) is 12.1 Å². The van der Waals surface area contributed by atoms with E-state index in [0.717, 1.165) is 35.0 Å². The zero-order valence-electron chi connectivity index (χ0n) is 11.4. The molecule has 20 heavy (non-hydrogen) atoms. The van der Waals surface area contributed by atoms with Crippen LogP contribution in [0.2, 0.25) is 5.02 Å². The Labute approximate surface area is 135 Å².